The Morgan fingerprint density at radius 3 is 2.54 bits per heavy atom. The lowest BCUT2D eigenvalue weighted by molar-refractivity contribution is 0.0698. The van der Waals surface area contributed by atoms with Crippen molar-refractivity contribution in [3.8, 4) is 5.75 Å². The molecule has 140 valence electrons. The van der Waals surface area contributed by atoms with Crippen molar-refractivity contribution in [1.29, 1.82) is 0 Å². The summed E-state index contributed by atoms with van der Waals surface area (Å²) >= 11 is 1.81. The Labute approximate surface area is 159 Å². The molecule has 0 unspecified atom stereocenters. The maximum absolute atomic E-state index is 12.7. The highest BCUT2D eigenvalue weighted by atomic mass is 32.2. The molecule has 0 aliphatic carbocycles. The lowest BCUT2D eigenvalue weighted by atomic mass is 9.98. The van der Waals surface area contributed by atoms with Gasteiger partial charge in [-0.05, 0) is 56.9 Å². The molecule has 0 bridgehead atoms. The highest BCUT2D eigenvalue weighted by Gasteiger charge is 2.24. The molecule has 3 rings (SSSR count). The fourth-order valence-corrected chi connectivity index (χ4v) is 4.23. The predicted molar refractivity (Wildman–Crippen MR) is 105 cm³/mol. The number of hydrogen-bond donors (Lipinski definition) is 0. The van der Waals surface area contributed by atoms with E-state index in [-0.39, 0.29) is 12.0 Å². The summed E-state index contributed by atoms with van der Waals surface area (Å²) < 4.78 is 7.69. The van der Waals surface area contributed by atoms with Crippen LogP contribution in [-0.4, -0.2) is 45.3 Å². The molecule has 1 aromatic carbocycles. The molecule has 1 aromatic heterocycles. The second-order valence-corrected chi connectivity index (χ2v) is 8.05. The molecule has 2 aromatic rings. The third-order valence-corrected chi connectivity index (χ3v) is 5.89. The number of carbonyl (C=O) groups excluding carboxylic acids is 1. The summed E-state index contributed by atoms with van der Waals surface area (Å²) in [6.45, 7) is 5.65. The van der Waals surface area contributed by atoms with Gasteiger partial charge in [0, 0.05) is 43.8 Å². The number of nitrogens with zero attached hydrogens (tertiary/aromatic N) is 3. The molecule has 5 nitrogen and oxygen atoms in total. The van der Waals surface area contributed by atoms with Crippen LogP contribution in [0.4, 0.5) is 0 Å². The van der Waals surface area contributed by atoms with Gasteiger partial charge in [-0.2, -0.15) is 0 Å². The van der Waals surface area contributed by atoms with E-state index in [1.165, 1.54) is 0 Å². The zero-order chi connectivity index (χ0) is 18.5. The number of amides is 1. The van der Waals surface area contributed by atoms with Crippen LogP contribution in [0.1, 0.15) is 37.0 Å². The number of thioether (sulfide) groups is 1. The molecule has 0 N–H and O–H groups in total. The zero-order valence-corrected chi connectivity index (χ0v) is 16.5. The van der Waals surface area contributed by atoms with Crippen molar-refractivity contribution in [2.75, 3.05) is 18.8 Å². The topological polar surface area (TPSA) is 47.4 Å². The van der Waals surface area contributed by atoms with Gasteiger partial charge in [-0.3, -0.25) is 4.79 Å². The van der Waals surface area contributed by atoms with E-state index in [0.717, 1.165) is 48.2 Å². The molecule has 0 spiro atoms. The summed E-state index contributed by atoms with van der Waals surface area (Å²) in [5.74, 6) is 2.63. The molecule has 2 heterocycles. The number of hydrogen-bond acceptors (Lipinski definition) is 4. The molecular weight excluding hydrogens is 346 g/mol. The Hall–Kier alpha value is -1.95. The second-order valence-electron chi connectivity index (χ2n) is 7.06. The molecule has 26 heavy (non-hydrogen) atoms. The molecule has 6 heteroatoms. The van der Waals surface area contributed by atoms with E-state index in [1.807, 2.05) is 74.2 Å². The first-order valence-electron chi connectivity index (χ1n) is 9.19. The lowest BCUT2D eigenvalue weighted by Gasteiger charge is -2.32. The predicted octanol–water partition coefficient (Wildman–Crippen LogP) is 3.85. The van der Waals surface area contributed by atoms with Crippen LogP contribution >= 0.6 is 11.8 Å². The lowest BCUT2D eigenvalue weighted by Crippen LogP contribution is -2.39. The van der Waals surface area contributed by atoms with Gasteiger partial charge in [-0.1, -0.05) is 11.8 Å². The van der Waals surface area contributed by atoms with E-state index in [0.29, 0.717) is 5.92 Å². The normalized spacial score (nSPS) is 15.5. The summed E-state index contributed by atoms with van der Waals surface area (Å²) in [6.07, 6.45) is 6.05. The quantitative estimate of drug-likeness (QED) is 0.722. The third-order valence-electron chi connectivity index (χ3n) is 4.60. The van der Waals surface area contributed by atoms with Crippen LogP contribution in [0, 0.1) is 5.92 Å². The summed E-state index contributed by atoms with van der Waals surface area (Å²) in [4.78, 5) is 19.0. The molecule has 0 radical (unpaired) electrons. The van der Waals surface area contributed by atoms with Crippen molar-refractivity contribution in [3.05, 3.63) is 42.2 Å². The molecule has 1 amide bonds. The van der Waals surface area contributed by atoms with E-state index in [2.05, 4.69) is 9.55 Å². The van der Waals surface area contributed by atoms with Crippen molar-refractivity contribution < 1.29 is 9.53 Å². The van der Waals surface area contributed by atoms with Crippen molar-refractivity contribution in [2.45, 2.75) is 37.9 Å². The van der Waals surface area contributed by atoms with Crippen LogP contribution in [0.15, 0.2) is 41.8 Å². The highest BCUT2D eigenvalue weighted by Crippen LogP contribution is 2.26. The van der Waals surface area contributed by atoms with Crippen molar-refractivity contribution in [1.82, 2.24) is 14.5 Å². The van der Waals surface area contributed by atoms with E-state index >= 15 is 0 Å². The molecule has 0 saturated carbocycles. The average Bonchev–Trinajstić information content (AvgIpc) is 3.05. The van der Waals surface area contributed by atoms with Crippen LogP contribution < -0.4 is 4.74 Å². The number of rotatable bonds is 6. The van der Waals surface area contributed by atoms with E-state index in [9.17, 15) is 4.79 Å². The first-order chi connectivity index (χ1) is 12.5. The Kier molecular flexibility index (Phi) is 6.25. The summed E-state index contributed by atoms with van der Waals surface area (Å²) in [6, 6.07) is 7.49. The zero-order valence-electron chi connectivity index (χ0n) is 15.7. The van der Waals surface area contributed by atoms with Crippen LogP contribution in [0.5, 0.6) is 5.75 Å². The second kappa shape index (κ2) is 8.62. The first kappa shape index (κ1) is 18.8. The molecule has 1 fully saturated rings. The fraction of sp³-hybridized carbons (Fsp3) is 0.500. The van der Waals surface area contributed by atoms with Gasteiger partial charge >= 0.3 is 0 Å². The Balaban J connectivity index is 1.48. The number of ether oxygens (including phenoxy) is 1. The number of aromatic nitrogens is 2. The van der Waals surface area contributed by atoms with Crippen LogP contribution in [0.2, 0.25) is 0 Å². The summed E-state index contributed by atoms with van der Waals surface area (Å²) in [5, 5.41) is 1.06. The summed E-state index contributed by atoms with van der Waals surface area (Å²) in [5.41, 5.74) is 0.738. The number of aryl methyl sites for hydroxylation is 1. The number of piperidine rings is 1. The number of benzene rings is 1. The SMILES string of the molecule is CC(C)Oc1ccc(C(=O)N2CCC(CSc3nccn3C)CC2)cc1. The van der Waals surface area contributed by atoms with Gasteiger partial charge in [0.25, 0.3) is 5.91 Å². The van der Waals surface area contributed by atoms with Gasteiger partial charge in [-0.15, -0.1) is 0 Å². The maximum Gasteiger partial charge on any atom is 0.253 e. The number of imidazole rings is 1. The van der Waals surface area contributed by atoms with Gasteiger partial charge in [0.05, 0.1) is 6.10 Å². The van der Waals surface area contributed by atoms with Gasteiger partial charge in [0.2, 0.25) is 0 Å². The van der Waals surface area contributed by atoms with Crippen LogP contribution in [0.3, 0.4) is 0 Å². The van der Waals surface area contributed by atoms with Gasteiger partial charge in [0.15, 0.2) is 5.16 Å². The minimum atomic E-state index is 0.122. The fourth-order valence-electron chi connectivity index (χ4n) is 3.12. The van der Waals surface area contributed by atoms with Crippen molar-refractivity contribution >= 4 is 17.7 Å². The largest absolute Gasteiger partial charge is 0.491 e. The molecule has 1 aliphatic rings. The van der Waals surface area contributed by atoms with Gasteiger partial charge in [-0.25, -0.2) is 4.98 Å². The molecule has 0 atom stereocenters. The van der Waals surface area contributed by atoms with Crippen LogP contribution in [0.25, 0.3) is 0 Å². The summed E-state index contributed by atoms with van der Waals surface area (Å²) in [7, 11) is 2.02. The number of carbonyl (C=O) groups is 1. The standard InChI is InChI=1S/C20H27N3O2S/c1-15(2)25-18-6-4-17(5-7-18)19(24)23-11-8-16(9-12-23)14-26-20-21-10-13-22(20)3/h4-7,10,13,15-16H,8-9,11-12,14H2,1-3H3. The first-order valence-corrected chi connectivity index (χ1v) is 10.2. The third kappa shape index (κ3) is 4.81. The molecular formula is C20H27N3O2S. The minimum absolute atomic E-state index is 0.122. The van der Waals surface area contributed by atoms with Crippen molar-refractivity contribution in [2.24, 2.45) is 13.0 Å². The van der Waals surface area contributed by atoms with E-state index < -0.39 is 0 Å². The highest BCUT2D eigenvalue weighted by molar-refractivity contribution is 7.99. The minimum Gasteiger partial charge on any atom is -0.491 e. The molecule has 1 saturated heterocycles. The number of likely N-dealkylation sites (tertiary alicyclic amines) is 1. The van der Waals surface area contributed by atoms with Gasteiger partial charge in [0.1, 0.15) is 5.75 Å². The Bertz CT molecular complexity index is 719. The van der Waals surface area contributed by atoms with Crippen molar-refractivity contribution in [3.63, 3.8) is 0 Å². The molecule has 1 aliphatic heterocycles. The Morgan fingerprint density at radius 2 is 1.96 bits per heavy atom. The monoisotopic (exact) mass is 373 g/mol. The van der Waals surface area contributed by atoms with Gasteiger partial charge < -0.3 is 14.2 Å². The average molecular weight is 374 g/mol. The Morgan fingerprint density at radius 1 is 1.27 bits per heavy atom. The van der Waals surface area contributed by atoms with Crippen LogP contribution in [-0.2, 0) is 7.05 Å². The van der Waals surface area contributed by atoms with E-state index in [1.54, 1.807) is 0 Å². The maximum atomic E-state index is 12.7. The van der Waals surface area contributed by atoms with E-state index in [4.69, 9.17) is 4.74 Å². The smallest absolute Gasteiger partial charge is 0.253 e.